The fourth-order valence-corrected chi connectivity index (χ4v) is 2.48. The number of halogens is 1. The molecule has 1 atom stereocenters. The molecule has 0 fully saturated rings. The maximum Gasteiger partial charge on any atom is 0.252 e. The van der Waals surface area contributed by atoms with E-state index in [9.17, 15) is 4.79 Å². The molecule has 5 heteroatoms. The van der Waals surface area contributed by atoms with Gasteiger partial charge < -0.3 is 11.1 Å². The van der Waals surface area contributed by atoms with E-state index < -0.39 is 6.04 Å². The minimum atomic E-state index is -0.497. The van der Waals surface area contributed by atoms with Crippen molar-refractivity contribution in [3.05, 3.63) is 70.2 Å². The fourth-order valence-electron chi connectivity index (χ4n) is 2.05. The van der Waals surface area contributed by atoms with E-state index in [4.69, 9.17) is 29.6 Å². The fraction of sp³-hybridized carbons (Fsp3) is 0.125. The lowest BCUT2D eigenvalue weighted by atomic mass is 10.0. The summed E-state index contributed by atoms with van der Waals surface area (Å²) >= 11 is 11.0. The minimum Gasteiger partial charge on any atom is -0.391 e. The van der Waals surface area contributed by atoms with Crippen LogP contribution in [0.2, 0.25) is 5.02 Å². The summed E-state index contributed by atoms with van der Waals surface area (Å²) in [5, 5.41) is 3.46. The van der Waals surface area contributed by atoms with Gasteiger partial charge in [-0.25, -0.2) is 0 Å². The molecule has 0 radical (unpaired) electrons. The van der Waals surface area contributed by atoms with Gasteiger partial charge in [0.2, 0.25) is 0 Å². The number of hydrogen-bond acceptors (Lipinski definition) is 2. The Morgan fingerprint density at radius 2 is 1.90 bits per heavy atom. The maximum absolute atomic E-state index is 12.4. The Morgan fingerprint density at radius 3 is 2.48 bits per heavy atom. The lowest BCUT2D eigenvalue weighted by Gasteiger charge is -2.18. The van der Waals surface area contributed by atoms with E-state index in [-0.39, 0.29) is 10.9 Å². The van der Waals surface area contributed by atoms with E-state index in [0.29, 0.717) is 10.6 Å². The number of carbonyl (C=O) groups is 1. The molecule has 0 heterocycles. The zero-order valence-electron chi connectivity index (χ0n) is 11.5. The smallest absolute Gasteiger partial charge is 0.252 e. The number of nitrogens with one attached hydrogen (secondary N) is 1. The number of carbonyl (C=O) groups excluding carboxylic acids is 1. The molecule has 0 spiro atoms. The molecule has 2 aromatic carbocycles. The molecule has 0 saturated heterocycles. The van der Waals surface area contributed by atoms with E-state index in [1.807, 2.05) is 37.3 Å². The first-order chi connectivity index (χ1) is 9.99. The predicted octanol–water partition coefficient (Wildman–Crippen LogP) is 3.41. The third-order valence-electron chi connectivity index (χ3n) is 3.13. The van der Waals surface area contributed by atoms with Gasteiger partial charge in [0.15, 0.2) is 0 Å². The van der Waals surface area contributed by atoms with Crippen molar-refractivity contribution in [3.63, 3.8) is 0 Å². The molecule has 0 aliphatic rings. The molecule has 0 aliphatic heterocycles. The number of aryl methyl sites for hydroxylation is 1. The van der Waals surface area contributed by atoms with Crippen LogP contribution in [0, 0.1) is 6.92 Å². The van der Waals surface area contributed by atoms with Gasteiger partial charge >= 0.3 is 0 Å². The molecule has 21 heavy (non-hydrogen) atoms. The lowest BCUT2D eigenvalue weighted by Crippen LogP contribution is -2.36. The summed E-state index contributed by atoms with van der Waals surface area (Å²) in [5.74, 6) is -0.231. The zero-order chi connectivity index (χ0) is 15.4. The molecule has 0 bridgehead atoms. The third-order valence-corrected chi connectivity index (χ3v) is 3.60. The molecule has 3 nitrogen and oxygen atoms in total. The molecule has 2 rings (SSSR count). The van der Waals surface area contributed by atoms with Gasteiger partial charge in [-0.1, -0.05) is 54.2 Å². The van der Waals surface area contributed by atoms with Gasteiger partial charge in [-0.2, -0.15) is 0 Å². The highest BCUT2D eigenvalue weighted by atomic mass is 35.5. The summed E-state index contributed by atoms with van der Waals surface area (Å²) < 4.78 is 0. The van der Waals surface area contributed by atoms with Gasteiger partial charge in [0.1, 0.15) is 11.0 Å². The average Bonchev–Trinajstić information content (AvgIpc) is 2.45. The van der Waals surface area contributed by atoms with Gasteiger partial charge in [-0.3, -0.25) is 4.79 Å². The van der Waals surface area contributed by atoms with E-state index in [1.165, 1.54) is 0 Å². The van der Waals surface area contributed by atoms with Crippen LogP contribution in [0.25, 0.3) is 0 Å². The summed E-state index contributed by atoms with van der Waals surface area (Å²) in [4.78, 5) is 12.6. The van der Waals surface area contributed by atoms with Gasteiger partial charge in [-0.05, 0) is 36.2 Å². The monoisotopic (exact) mass is 318 g/mol. The van der Waals surface area contributed by atoms with Crippen molar-refractivity contribution < 1.29 is 4.79 Å². The SMILES string of the molecule is Cc1cc(Cl)ccc1C(=O)NC(C(N)=S)c1ccccc1. The van der Waals surface area contributed by atoms with Crippen molar-refractivity contribution in [3.8, 4) is 0 Å². The largest absolute Gasteiger partial charge is 0.391 e. The molecule has 0 aromatic heterocycles. The number of hydrogen-bond donors (Lipinski definition) is 2. The Hall–Kier alpha value is -1.91. The molecule has 0 aliphatic carbocycles. The molecule has 3 N–H and O–H groups in total. The van der Waals surface area contributed by atoms with Crippen LogP contribution in [0.1, 0.15) is 27.5 Å². The van der Waals surface area contributed by atoms with Crippen molar-refractivity contribution in [2.24, 2.45) is 5.73 Å². The van der Waals surface area contributed by atoms with Crippen molar-refractivity contribution in [1.29, 1.82) is 0 Å². The van der Waals surface area contributed by atoms with Crippen LogP contribution in [0.3, 0.4) is 0 Å². The predicted molar refractivity (Wildman–Crippen MR) is 89.6 cm³/mol. The molecule has 108 valence electrons. The number of rotatable bonds is 4. The molecule has 2 aromatic rings. The number of benzene rings is 2. The summed E-state index contributed by atoms with van der Waals surface area (Å²) in [5.41, 5.74) is 7.96. The first-order valence-electron chi connectivity index (χ1n) is 6.40. The highest BCUT2D eigenvalue weighted by Gasteiger charge is 2.19. The van der Waals surface area contributed by atoms with Crippen molar-refractivity contribution in [1.82, 2.24) is 5.32 Å². The number of amides is 1. The Balaban J connectivity index is 2.25. The highest BCUT2D eigenvalue weighted by molar-refractivity contribution is 7.80. The Labute approximate surface area is 134 Å². The van der Waals surface area contributed by atoms with Crippen molar-refractivity contribution in [2.75, 3.05) is 0 Å². The lowest BCUT2D eigenvalue weighted by molar-refractivity contribution is 0.0946. The van der Waals surface area contributed by atoms with Crippen LogP contribution in [0.4, 0.5) is 0 Å². The number of nitrogens with two attached hydrogens (primary N) is 1. The van der Waals surface area contributed by atoms with Crippen molar-refractivity contribution >= 4 is 34.7 Å². The second kappa shape index (κ2) is 6.70. The van der Waals surface area contributed by atoms with Gasteiger partial charge in [0.05, 0.1) is 0 Å². The Kier molecular flexibility index (Phi) is 4.94. The van der Waals surface area contributed by atoms with Gasteiger partial charge in [0, 0.05) is 10.6 Å². The molecule has 1 unspecified atom stereocenters. The quantitative estimate of drug-likeness (QED) is 0.849. The summed E-state index contributed by atoms with van der Waals surface area (Å²) in [6.07, 6.45) is 0. The van der Waals surface area contributed by atoms with Crippen LogP contribution in [-0.2, 0) is 0 Å². The van der Waals surface area contributed by atoms with Crippen LogP contribution < -0.4 is 11.1 Å². The second-order valence-electron chi connectivity index (χ2n) is 4.68. The number of thiocarbonyl (C=S) groups is 1. The summed E-state index contributed by atoms with van der Waals surface area (Å²) in [6, 6.07) is 14.0. The van der Waals surface area contributed by atoms with E-state index in [2.05, 4.69) is 5.32 Å². The van der Waals surface area contributed by atoms with Crippen LogP contribution in [-0.4, -0.2) is 10.9 Å². The molecular formula is C16H15ClN2OS. The normalized spacial score (nSPS) is 11.7. The molecule has 1 amide bonds. The van der Waals surface area contributed by atoms with Crippen molar-refractivity contribution in [2.45, 2.75) is 13.0 Å². The minimum absolute atomic E-state index is 0.223. The van der Waals surface area contributed by atoms with E-state index >= 15 is 0 Å². The zero-order valence-corrected chi connectivity index (χ0v) is 13.0. The van der Waals surface area contributed by atoms with Crippen LogP contribution in [0.15, 0.2) is 48.5 Å². The second-order valence-corrected chi connectivity index (χ2v) is 5.59. The van der Waals surface area contributed by atoms with Gasteiger partial charge in [0.25, 0.3) is 5.91 Å². The van der Waals surface area contributed by atoms with E-state index in [0.717, 1.165) is 11.1 Å². The summed E-state index contributed by atoms with van der Waals surface area (Å²) in [6.45, 7) is 1.83. The topological polar surface area (TPSA) is 55.1 Å². The van der Waals surface area contributed by atoms with E-state index in [1.54, 1.807) is 18.2 Å². The average molecular weight is 319 g/mol. The third kappa shape index (κ3) is 3.80. The molecule has 0 saturated carbocycles. The molecular weight excluding hydrogens is 304 g/mol. The first-order valence-corrected chi connectivity index (χ1v) is 7.19. The van der Waals surface area contributed by atoms with Gasteiger partial charge in [-0.15, -0.1) is 0 Å². The summed E-state index contributed by atoms with van der Waals surface area (Å²) in [7, 11) is 0. The van der Waals surface area contributed by atoms with Crippen LogP contribution in [0.5, 0.6) is 0 Å². The highest BCUT2D eigenvalue weighted by Crippen LogP contribution is 2.18. The first kappa shape index (κ1) is 15.5. The van der Waals surface area contributed by atoms with Crippen LogP contribution >= 0.6 is 23.8 Å². The standard InChI is InChI=1S/C16H15ClN2OS/c1-10-9-12(17)7-8-13(10)16(20)19-14(15(18)21)11-5-3-2-4-6-11/h2-9,14H,1H3,(H2,18,21)(H,19,20). The Morgan fingerprint density at radius 1 is 1.24 bits per heavy atom. The Bertz CT molecular complexity index is 673. The maximum atomic E-state index is 12.4.